The molecule has 0 spiro atoms. The predicted octanol–water partition coefficient (Wildman–Crippen LogP) is 5.49. The maximum absolute atomic E-state index is 5.91. The van der Waals surface area contributed by atoms with Gasteiger partial charge in [-0.1, -0.05) is 15.9 Å². The predicted molar refractivity (Wildman–Crippen MR) is 87.1 cm³/mol. The van der Waals surface area contributed by atoms with Crippen LogP contribution in [0.5, 0.6) is 0 Å². The van der Waals surface area contributed by atoms with E-state index in [1.165, 1.54) is 12.8 Å². The highest BCUT2D eigenvalue weighted by atomic mass is 79.9. The van der Waals surface area contributed by atoms with Crippen LogP contribution in [0.15, 0.2) is 42.1 Å². The Hall–Kier alpha value is -0.100. The Labute approximate surface area is 137 Å². The average Bonchev–Trinajstić information content (AvgIpc) is 3.05. The van der Waals surface area contributed by atoms with E-state index in [9.17, 15) is 0 Å². The fourth-order valence-electron chi connectivity index (χ4n) is 1.92. The fourth-order valence-corrected chi connectivity index (χ4v) is 4.57. The molecule has 2 aromatic rings. The normalized spacial score (nSPS) is 14.9. The van der Waals surface area contributed by atoms with Crippen molar-refractivity contribution in [2.45, 2.75) is 25.4 Å². The van der Waals surface area contributed by atoms with E-state index in [1.807, 2.05) is 24.3 Å². The summed E-state index contributed by atoms with van der Waals surface area (Å²) in [4.78, 5) is 0. The number of hydrogen-bond donors (Lipinski definition) is 1. The van der Waals surface area contributed by atoms with E-state index in [0.717, 1.165) is 37.0 Å². The lowest BCUT2D eigenvalue weighted by Gasteiger charge is -2.06. The molecule has 0 aliphatic heterocycles. The van der Waals surface area contributed by atoms with E-state index in [1.54, 1.807) is 0 Å². The molecule has 0 saturated heterocycles. The SMILES string of the molecule is Brc1cc(Br)c(-c2ccc(CNC3CC3)o2)c(Br)c1. The molecule has 1 saturated carbocycles. The Morgan fingerprint density at radius 1 is 1.11 bits per heavy atom. The van der Waals surface area contributed by atoms with Crippen molar-refractivity contribution < 1.29 is 4.42 Å². The first-order valence-electron chi connectivity index (χ1n) is 6.10. The molecular formula is C14H12Br3NO. The van der Waals surface area contributed by atoms with Gasteiger partial charge >= 0.3 is 0 Å². The Bertz CT molecular complexity index is 581. The Kier molecular flexibility index (Phi) is 4.17. The largest absolute Gasteiger partial charge is 0.460 e. The van der Waals surface area contributed by atoms with Gasteiger partial charge < -0.3 is 9.73 Å². The van der Waals surface area contributed by atoms with Crippen LogP contribution >= 0.6 is 47.8 Å². The van der Waals surface area contributed by atoms with Crippen LogP contribution in [0.1, 0.15) is 18.6 Å². The molecule has 19 heavy (non-hydrogen) atoms. The minimum atomic E-state index is 0.694. The highest BCUT2D eigenvalue weighted by molar-refractivity contribution is 9.11. The van der Waals surface area contributed by atoms with Crippen LogP contribution in [0.25, 0.3) is 11.3 Å². The van der Waals surface area contributed by atoms with E-state index in [2.05, 4.69) is 53.1 Å². The van der Waals surface area contributed by atoms with Gasteiger partial charge in [-0.25, -0.2) is 0 Å². The van der Waals surface area contributed by atoms with Crippen molar-refractivity contribution in [2.24, 2.45) is 0 Å². The van der Waals surface area contributed by atoms with E-state index in [4.69, 9.17) is 4.42 Å². The first kappa shape index (κ1) is 13.9. The second-order valence-electron chi connectivity index (χ2n) is 4.67. The van der Waals surface area contributed by atoms with Gasteiger partial charge in [-0.15, -0.1) is 0 Å². The number of furan rings is 1. The Balaban J connectivity index is 1.85. The molecule has 2 nitrogen and oxygen atoms in total. The van der Waals surface area contributed by atoms with Crippen LogP contribution < -0.4 is 5.32 Å². The lowest BCUT2D eigenvalue weighted by atomic mass is 10.2. The van der Waals surface area contributed by atoms with Gasteiger partial charge in [-0.05, 0) is 69.0 Å². The summed E-state index contributed by atoms with van der Waals surface area (Å²) in [6.07, 6.45) is 2.58. The molecule has 1 aromatic carbocycles. The van der Waals surface area contributed by atoms with Crippen LogP contribution in [-0.2, 0) is 6.54 Å². The van der Waals surface area contributed by atoms with Gasteiger partial charge in [0.05, 0.1) is 6.54 Å². The van der Waals surface area contributed by atoms with Gasteiger partial charge in [-0.2, -0.15) is 0 Å². The second kappa shape index (κ2) is 5.72. The van der Waals surface area contributed by atoms with E-state index >= 15 is 0 Å². The molecule has 1 aromatic heterocycles. The van der Waals surface area contributed by atoms with E-state index in [-0.39, 0.29) is 0 Å². The van der Waals surface area contributed by atoms with Crippen LogP contribution in [0.4, 0.5) is 0 Å². The van der Waals surface area contributed by atoms with Gasteiger partial charge in [0.2, 0.25) is 0 Å². The maximum Gasteiger partial charge on any atom is 0.136 e. The number of hydrogen-bond acceptors (Lipinski definition) is 2. The smallest absolute Gasteiger partial charge is 0.136 e. The summed E-state index contributed by atoms with van der Waals surface area (Å²) in [7, 11) is 0. The Morgan fingerprint density at radius 3 is 2.42 bits per heavy atom. The van der Waals surface area contributed by atoms with E-state index in [0.29, 0.717) is 6.04 Å². The standard InChI is InChI=1S/C14H12Br3NO/c15-8-5-11(16)14(12(17)6-8)13-4-3-10(19-13)7-18-9-1-2-9/h3-6,9,18H,1-2,7H2. The van der Waals surface area contributed by atoms with Gasteiger partial charge in [0.1, 0.15) is 11.5 Å². The highest BCUT2D eigenvalue weighted by Gasteiger charge is 2.21. The maximum atomic E-state index is 5.91. The first-order valence-corrected chi connectivity index (χ1v) is 8.48. The van der Waals surface area contributed by atoms with Crippen LogP contribution in [-0.4, -0.2) is 6.04 Å². The molecule has 0 bridgehead atoms. The number of nitrogens with one attached hydrogen (secondary N) is 1. The molecule has 1 N–H and O–H groups in total. The van der Waals surface area contributed by atoms with Crippen molar-refractivity contribution >= 4 is 47.8 Å². The molecule has 0 unspecified atom stereocenters. The molecule has 0 atom stereocenters. The van der Waals surface area contributed by atoms with Crippen molar-refractivity contribution in [3.8, 4) is 11.3 Å². The average molecular weight is 450 g/mol. The van der Waals surface area contributed by atoms with Crippen molar-refractivity contribution in [3.05, 3.63) is 43.4 Å². The molecule has 5 heteroatoms. The minimum Gasteiger partial charge on any atom is -0.460 e. The van der Waals surface area contributed by atoms with Crippen LogP contribution in [0.2, 0.25) is 0 Å². The van der Waals surface area contributed by atoms with Crippen LogP contribution in [0.3, 0.4) is 0 Å². The van der Waals surface area contributed by atoms with Crippen molar-refractivity contribution in [2.75, 3.05) is 0 Å². The zero-order valence-corrected chi connectivity index (χ0v) is 14.8. The summed E-state index contributed by atoms with van der Waals surface area (Å²) in [5.41, 5.74) is 1.04. The van der Waals surface area contributed by atoms with Gasteiger partial charge in [0.25, 0.3) is 0 Å². The lowest BCUT2D eigenvalue weighted by Crippen LogP contribution is -2.14. The van der Waals surface area contributed by atoms with Crippen molar-refractivity contribution in [1.29, 1.82) is 0 Å². The fraction of sp³-hybridized carbons (Fsp3) is 0.286. The third kappa shape index (κ3) is 3.32. The third-order valence-corrected chi connectivity index (χ3v) is 4.77. The highest BCUT2D eigenvalue weighted by Crippen LogP contribution is 2.38. The topological polar surface area (TPSA) is 25.2 Å². The molecule has 1 fully saturated rings. The summed E-state index contributed by atoms with van der Waals surface area (Å²) in [6, 6.07) is 8.78. The molecule has 3 rings (SSSR count). The van der Waals surface area contributed by atoms with Crippen molar-refractivity contribution in [1.82, 2.24) is 5.32 Å². The lowest BCUT2D eigenvalue weighted by molar-refractivity contribution is 0.492. The van der Waals surface area contributed by atoms with Gasteiger partial charge in [-0.3, -0.25) is 0 Å². The summed E-state index contributed by atoms with van der Waals surface area (Å²) in [5, 5.41) is 3.45. The molecule has 1 heterocycles. The number of benzene rings is 1. The van der Waals surface area contributed by atoms with Gasteiger partial charge in [0.15, 0.2) is 0 Å². The van der Waals surface area contributed by atoms with Crippen LogP contribution in [0, 0.1) is 0 Å². The van der Waals surface area contributed by atoms with Crippen molar-refractivity contribution in [3.63, 3.8) is 0 Å². The Morgan fingerprint density at radius 2 is 1.79 bits per heavy atom. The zero-order chi connectivity index (χ0) is 13.4. The monoisotopic (exact) mass is 447 g/mol. The third-order valence-electron chi connectivity index (χ3n) is 3.06. The summed E-state index contributed by atoms with van der Waals surface area (Å²) < 4.78 is 8.95. The quantitative estimate of drug-likeness (QED) is 0.668. The van der Waals surface area contributed by atoms with E-state index < -0.39 is 0 Å². The zero-order valence-electron chi connectivity index (χ0n) is 10.1. The molecular weight excluding hydrogens is 438 g/mol. The summed E-state index contributed by atoms with van der Waals surface area (Å²) >= 11 is 10.6. The molecule has 1 aliphatic carbocycles. The molecule has 100 valence electrons. The summed E-state index contributed by atoms with van der Waals surface area (Å²) in [5.74, 6) is 1.85. The molecule has 1 aliphatic rings. The number of rotatable bonds is 4. The molecule has 0 radical (unpaired) electrons. The first-order chi connectivity index (χ1) is 9.13. The summed E-state index contributed by atoms with van der Waals surface area (Å²) in [6.45, 7) is 0.802. The number of halogens is 3. The second-order valence-corrected chi connectivity index (χ2v) is 7.29. The van der Waals surface area contributed by atoms with Gasteiger partial charge in [0, 0.05) is 25.0 Å². The molecule has 0 amide bonds. The minimum absolute atomic E-state index is 0.694.